The summed E-state index contributed by atoms with van der Waals surface area (Å²) in [4.78, 5) is 12.5. The first kappa shape index (κ1) is 20.7. The highest BCUT2D eigenvalue weighted by molar-refractivity contribution is 5.78. The first-order valence-electron chi connectivity index (χ1n) is 9.94. The van der Waals surface area contributed by atoms with Gasteiger partial charge in [0.1, 0.15) is 0 Å². The Labute approximate surface area is 149 Å². The maximum Gasteiger partial charge on any atom is 0.313 e. The molecule has 2 heteroatoms. The second kappa shape index (κ2) is 13.0. The van der Waals surface area contributed by atoms with Crippen molar-refractivity contribution in [3.63, 3.8) is 0 Å². The molecule has 2 nitrogen and oxygen atoms in total. The Hall–Kier alpha value is -1.31. The molecule has 0 aliphatic rings. The van der Waals surface area contributed by atoms with Gasteiger partial charge in [-0.3, -0.25) is 4.79 Å². The summed E-state index contributed by atoms with van der Waals surface area (Å²) >= 11 is 0. The van der Waals surface area contributed by atoms with E-state index < -0.39 is 0 Å². The molecular formula is C22H36O2. The summed E-state index contributed by atoms with van der Waals surface area (Å²) in [6, 6.07) is 10.0. The Bertz CT molecular complexity index is 427. The smallest absolute Gasteiger partial charge is 0.313 e. The van der Waals surface area contributed by atoms with Crippen LogP contribution in [-0.2, 0) is 9.53 Å². The van der Waals surface area contributed by atoms with E-state index in [1.807, 2.05) is 30.3 Å². The predicted molar refractivity (Wildman–Crippen MR) is 102 cm³/mol. The largest absolute Gasteiger partial charge is 0.465 e. The van der Waals surface area contributed by atoms with Gasteiger partial charge >= 0.3 is 5.97 Å². The lowest BCUT2D eigenvalue weighted by molar-refractivity contribution is -0.147. The van der Waals surface area contributed by atoms with E-state index in [2.05, 4.69) is 20.8 Å². The van der Waals surface area contributed by atoms with Gasteiger partial charge in [-0.05, 0) is 30.7 Å². The Balaban J connectivity index is 2.48. The van der Waals surface area contributed by atoms with Gasteiger partial charge in [0.15, 0.2) is 0 Å². The van der Waals surface area contributed by atoms with Crippen LogP contribution in [0, 0.1) is 5.92 Å². The van der Waals surface area contributed by atoms with Crippen LogP contribution >= 0.6 is 0 Å². The maximum atomic E-state index is 12.5. The molecule has 0 aliphatic carbocycles. The molecule has 2 unspecified atom stereocenters. The third-order valence-corrected chi connectivity index (χ3v) is 4.79. The molecule has 24 heavy (non-hydrogen) atoms. The number of rotatable bonds is 13. The summed E-state index contributed by atoms with van der Waals surface area (Å²) in [5, 5.41) is 0. The molecule has 0 aliphatic heterocycles. The van der Waals surface area contributed by atoms with Gasteiger partial charge in [-0.2, -0.15) is 0 Å². The van der Waals surface area contributed by atoms with Gasteiger partial charge in [0, 0.05) is 0 Å². The number of carbonyl (C=O) groups is 1. The van der Waals surface area contributed by atoms with E-state index in [-0.39, 0.29) is 11.9 Å². The average Bonchev–Trinajstić information content (AvgIpc) is 2.62. The van der Waals surface area contributed by atoms with Crippen LogP contribution in [0.3, 0.4) is 0 Å². The highest BCUT2D eigenvalue weighted by Gasteiger charge is 2.21. The summed E-state index contributed by atoms with van der Waals surface area (Å²) < 4.78 is 5.73. The van der Waals surface area contributed by atoms with Crippen LogP contribution in [0.25, 0.3) is 0 Å². The molecule has 0 N–H and O–H groups in total. The van der Waals surface area contributed by atoms with Crippen molar-refractivity contribution < 1.29 is 9.53 Å². The molecule has 0 radical (unpaired) electrons. The lowest BCUT2D eigenvalue weighted by Gasteiger charge is -2.20. The third-order valence-electron chi connectivity index (χ3n) is 4.79. The Morgan fingerprint density at radius 2 is 1.58 bits per heavy atom. The van der Waals surface area contributed by atoms with Crippen molar-refractivity contribution in [2.45, 2.75) is 84.5 Å². The van der Waals surface area contributed by atoms with E-state index in [0.717, 1.165) is 12.0 Å². The Morgan fingerprint density at radius 1 is 0.917 bits per heavy atom. The summed E-state index contributed by atoms with van der Waals surface area (Å²) in [6.07, 6.45) is 10.7. The molecule has 2 atom stereocenters. The van der Waals surface area contributed by atoms with Crippen molar-refractivity contribution in [2.24, 2.45) is 5.92 Å². The number of ether oxygens (including phenoxy) is 1. The fourth-order valence-electron chi connectivity index (χ4n) is 3.19. The normalized spacial score (nSPS) is 13.5. The lowest BCUT2D eigenvalue weighted by atomic mass is 9.95. The van der Waals surface area contributed by atoms with E-state index >= 15 is 0 Å². The quantitative estimate of drug-likeness (QED) is 0.304. The first-order valence-corrected chi connectivity index (χ1v) is 9.94. The SMILES string of the molecule is CCCCCCC(CCCC)COC(=O)C(CC)c1ccccc1. The van der Waals surface area contributed by atoms with Crippen LogP contribution in [0.4, 0.5) is 0 Å². The van der Waals surface area contributed by atoms with Crippen LogP contribution in [-0.4, -0.2) is 12.6 Å². The van der Waals surface area contributed by atoms with E-state index in [1.54, 1.807) is 0 Å². The van der Waals surface area contributed by atoms with Gasteiger partial charge in [-0.25, -0.2) is 0 Å². The molecule has 136 valence electrons. The number of hydrogen-bond donors (Lipinski definition) is 0. The maximum absolute atomic E-state index is 12.5. The molecule has 0 saturated heterocycles. The van der Waals surface area contributed by atoms with E-state index in [0.29, 0.717) is 12.5 Å². The minimum Gasteiger partial charge on any atom is -0.465 e. The minimum atomic E-state index is -0.127. The van der Waals surface area contributed by atoms with Gasteiger partial charge in [-0.1, -0.05) is 89.6 Å². The molecule has 0 bridgehead atoms. The zero-order valence-electron chi connectivity index (χ0n) is 15.9. The van der Waals surface area contributed by atoms with Crippen LogP contribution < -0.4 is 0 Å². The topological polar surface area (TPSA) is 26.3 Å². The van der Waals surface area contributed by atoms with Gasteiger partial charge in [0.2, 0.25) is 0 Å². The summed E-state index contributed by atoms with van der Waals surface area (Å²) in [6.45, 7) is 7.11. The Kier molecular flexibility index (Phi) is 11.3. The zero-order valence-corrected chi connectivity index (χ0v) is 15.9. The average molecular weight is 333 g/mol. The van der Waals surface area contributed by atoms with Crippen LogP contribution in [0.2, 0.25) is 0 Å². The fraction of sp³-hybridized carbons (Fsp3) is 0.682. The molecule has 0 aromatic heterocycles. The summed E-state index contributed by atoms with van der Waals surface area (Å²) in [5.74, 6) is 0.343. The molecule has 0 heterocycles. The van der Waals surface area contributed by atoms with Crippen molar-refractivity contribution in [3.8, 4) is 0 Å². The molecule has 1 aromatic rings. The van der Waals surface area contributed by atoms with Gasteiger partial charge < -0.3 is 4.74 Å². The molecule has 0 saturated carbocycles. The molecule has 0 spiro atoms. The second-order valence-electron chi connectivity index (χ2n) is 6.86. The van der Waals surface area contributed by atoms with Crippen molar-refractivity contribution in [1.29, 1.82) is 0 Å². The highest BCUT2D eigenvalue weighted by Crippen LogP contribution is 2.23. The first-order chi connectivity index (χ1) is 11.7. The van der Waals surface area contributed by atoms with Gasteiger partial charge in [0.05, 0.1) is 12.5 Å². The summed E-state index contributed by atoms with van der Waals surface area (Å²) in [7, 11) is 0. The highest BCUT2D eigenvalue weighted by atomic mass is 16.5. The monoisotopic (exact) mass is 332 g/mol. The summed E-state index contributed by atoms with van der Waals surface area (Å²) in [5.41, 5.74) is 1.07. The predicted octanol–water partition coefficient (Wildman–Crippen LogP) is 6.50. The third kappa shape index (κ3) is 7.99. The standard InChI is InChI=1S/C22H36O2/c1-4-7-9-11-15-19(14-8-5-2)18-24-22(23)21(6-3)20-16-12-10-13-17-20/h10,12-13,16-17,19,21H,4-9,11,14-15,18H2,1-3H3. The van der Waals surface area contributed by atoms with Gasteiger partial charge in [0.25, 0.3) is 0 Å². The van der Waals surface area contributed by atoms with E-state index in [4.69, 9.17) is 4.74 Å². The number of unbranched alkanes of at least 4 members (excludes halogenated alkanes) is 4. The molecule has 1 rings (SSSR count). The van der Waals surface area contributed by atoms with Crippen molar-refractivity contribution in [3.05, 3.63) is 35.9 Å². The Morgan fingerprint density at radius 3 is 2.21 bits per heavy atom. The number of benzene rings is 1. The lowest BCUT2D eigenvalue weighted by Crippen LogP contribution is -2.20. The second-order valence-corrected chi connectivity index (χ2v) is 6.86. The van der Waals surface area contributed by atoms with Crippen LogP contribution in [0.1, 0.15) is 90.0 Å². The zero-order chi connectivity index (χ0) is 17.6. The number of hydrogen-bond acceptors (Lipinski definition) is 2. The minimum absolute atomic E-state index is 0.0567. The van der Waals surface area contributed by atoms with Gasteiger partial charge in [-0.15, -0.1) is 0 Å². The fourth-order valence-corrected chi connectivity index (χ4v) is 3.19. The number of esters is 1. The molecular weight excluding hydrogens is 296 g/mol. The van der Waals surface area contributed by atoms with Crippen molar-refractivity contribution in [1.82, 2.24) is 0 Å². The van der Waals surface area contributed by atoms with Crippen LogP contribution in [0.5, 0.6) is 0 Å². The molecule has 1 aromatic carbocycles. The van der Waals surface area contributed by atoms with E-state index in [9.17, 15) is 4.79 Å². The van der Waals surface area contributed by atoms with E-state index in [1.165, 1.54) is 51.4 Å². The molecule has 0 amide bonds. The number of carbonyl (C=O) groups excluding carboxylic acids is 1. The van der Waals surface area contributed by atoms with Crippen LogP contribution in [0.15, 0.2) is 30.3 Å². The molecule has 0 fully saturated rings. The van der Waals surface area contributed by atoms with Crippen molar-refractivity contribution in [2.75, 3.05) is 6.61 Å². The van der Waals surface area contributed by atoms with Crippen molar-refractivity contribution >= 4 is 5.97 Å².